The lowest BCUT2D eigenvalue weighted by molar-refractivity contribution is -0.169. The Kier molecular flexibility index (Phi) is 27.0. The van der Waals surface area contributed by atoms with Crippen LogP contribution in [0.2, 0.25) is 0 Å². The van der Waals surface area contributed by atoms with Gasteiger partial charge in [-0.2, -0.15) is 44.5 Å². The van der Waals surface area contributed by atoms with Gasteiger partial charge < -0.3 is 59.5 Å². The lowest BCUT2D eigenvalue weighted by atomic mass is 9.99. The van der Waals surface area contributed by atoms with Crippen LogP contribution in [0.4, 0.5) is 106 Å². The number of Topliss-reactive ketones (excluding diaryl/α,β-unsaturated/α-hetero) is 3. The van der Waals surface area contributed by atoms with Crippen molar-refractivity contribution in [3.8, 4) is 17.6 Å². The van der Waals surface area contributed by atoms with Crippen molar-refractivity contribution in [2.45, 2.75) is 140 Å². The van der Waals surface area contributed by atoms with Crippen LogP contribution in [-0.2, 0) is 0 Å². The molecular formula is C67H80F9N21O15. The molecule has 0 aromatic carbocycles. The minimum Gasteiger partial charge on any atom is -0.475 e. The summed E-state index contributed by atoms with van der Waals surface area (Å²) in [6.45, 7) is 5.76. The molecule has 0 aliphatic carbocycles. The Bertz CT molecular complexity index is 4180. The number of anilines is 9. The highest BCUT2D eigenvalue weighted by molar-refractivity contribution is 6.07. The summed E-state index contributed by atoms with van der Waals surface area (Å²) in [4.78, 5) is 137. The number of nitrogens with one attached hydrogen (secondary N) is 3. The van der Waals surface area contributed by atoms with Crippen LogP contribution >= 0.6 is 0 Å². The number of fused-ring (bicyclic) bond motifs is 12. The Hall–Kier alpha value is -10.8. The van der Waals surface area contributed by atoms with Gasteiger partial charge in [0, 0.05) is 82.9 Å². The zero-order valence-electron chi connectivity index (χ0n) is 60.5. The van der Waals surface area contributed by atoms with Crippen LogP contribution in [0, 0.1) is 24.7 Å². The van der Waals surface area contributed by atoms with Crippen LogP contribution in [0.15, 0.2) is 49.4 Å². The van der Waals surface area contributed by atoms with Crippen LogP contribution in [0.1, 0.15) is 116 Å². The predicted octanol–water partition coefficient (Wildman–Crippen LogP) is 5.68. The molecule has 6 aliphatic heterocycles. The number of ketones is 3. The van der Waals surface area contributed by atoms with E-state index in [0.29, 0.717) is 81.3 Å². The van der Waals surface area contributed by atoms with E-state index in [9.17, 15) is 83.6 Å². The SMILES string of the molecule is C[C@@H](CC(=O)c1ncc2c(n1)N(C(=O)Nc1cc(OC[C@H](O)CO)ncn1)[C@H]1CCCN2C1)C(F)(F)F.C[C@@H](CC(=O)c1ncc2c(n1)N(C(=O)Nc1nccc(OC[C@@H](O)CO)n1)[C@H]1CCCN2C1)C(F)(F)F.Cc1nc(C(=O)C[C@H](C)C(F)(F)F)nc2c1N1CCC[C@@H](C1)N2C(=O)Nc1cc(OC[C@@H](O)CO)ncn1. The van der Waals surface area contributed by atoms with Gasteiger partial charge in [-0.25, -0.2) is 69.2 Å². The normalized spacial score (nSPS) is 18.5. The van der Waals surface area contributed by atoms with E-state index in [-0.39, 0.29) is 96.4 Å². The first-order chi connectivity index (χ1) is 53.1. The summed E-state index contributed by atoms with van der Waals surface area (Å²) >= 11 is 0. The summed E-state index contributed by atoms with van der Waals surface area (Å²) in [6, 6.07) is 1.26. The lowest BCUT2D eigenvalue weighted by Gasteiger charge is -2.46. The molecule has 6 amide bonds. The van der Waals surface area contributed by atoms with Gasteiger partial charge in [-0.3, -0.25) is 45.0 Å². The number of halogens is 9. The van der Waals surface area contributed by atoms with Gasteiger partial charge in [0.05, 0.1) is 85.2 Å². The Labute approximate surface area is 631 Å². The van der Waals surface area contributed by atoms with Crippen molar-refractivity contribution in [3.63, 3.8) is 0 Å². The van der Waals surface area contributed by atoms with Crippen LogP contribution < -0.4 is 59.6 Å². The van der Waals surface area contributed by atoms with E-state index in [0.717, 1.165) is 52.7 Å². The molecule has 9 atom stereocenters. The second-order valence-corrected chi connectivity index (χ2v) is 27.1. The van der Waals surface area contributed by atoms with E-state index in [1.807, 2.05) is 14.7 Å². The van der Waals surface area contributed by atoms with Crippen LogP contribution in [0.3, 0.4) is 0 Å². The monoisotopic (exact) mass is 1590 g/mol. The number of aliphatic hydroxyl groups is 6. The van der Waals surface area contributed by atoms with Crippen LogP contribution in [-0.4, -0.2) is 260 Å². The number of ether oxygens (including phenoxy) is 3. The van der Waals surface area contributed by atoms with E-state index in [2.05, 4.69) is 75.8 Å². The predicted molar refractivity (Wildman–Crippen MR) is 375 cm³/mol. The fraction of sp³-hybridized carbons (Fsp3) is 0.552. The van der Waals surface area contributed by atoms with E-state index in [4.69, 9.17) is 29.5 Å². The quantitative estimate of drug-likeness (QED) is 0.0260. The Morgan fingerprint density at radius 1 is 0.482 bits per heavy atom. The number of nitrogens with zero attached hydrogens (tertiary/aromatic N) is 18. The Morgan fingerprint density at radius 2 is 0.857 bits per heavy atom. The first-order valence-corrected chi connectivity index (χ1v) is 35.3. The number of carbonyl (C=O) groups is 6. The number of aliphatic hydroxyl groups excluding tert-OH is 6. The molecule has 3 saturated heterocycles. The molecule has 12 rings (SSSR count). The number of rotatable bonds is 24. The van der Waals surface area contributed by atoms with Gasteiger partial charge in [0.15, 0.2) is 34.9 Å². The number of piperidine rings is 3. The third kappa shape index (κ3) is 20.9. The van der Waals surface area contributed by atoms with Gasteiger partial charge in [-0.1, -0.05) is 20.8 Å². The first kappa shape index (κ1) is 83.7. The Balaban J connectivity index is 0.000000178. The number of aryl methyl sites for hydroxylation is 1. The van der Waals surface area contributed by atoms with Gasteiger partial charge in [-0.15, -0.1) is 0 Å². The zero-order chi connectivity index (χ0) is 81.1. The number of carbonyl (C=O) groups excluding carboxylic acids is 6. The van der Waals surface area contributed by atoms with E-state index >= 15 is 0 Å². The molecule has 3 fully saturated rings. The van der Waals surface area contributed by atoms with Crippen molar-refractivity contribution >= 4 is 87.5 Å². The average molecular weight is 1590 g/mol. The molecule has 0 radical (unpaired) electrons. The summed E-state index contributed by atoms with van der Waals surface area (Å²) in [7, 11) is 0. The third-order valence-corrected chi connectivity index (χ3v) is 18.6. The molecular weight excluding hydrogens is 1510 g/mol. The number of aromatic nitrogens is 12. The highest BCUT2D eigenvalue weighted by Gasteiger charge is 2.46. The van der Waals surface area contributed by atoms with Gasteiger partial charge >= 0.3 is 36.6 Å². The third-order valence-electron chi connectivity index (χ3n) is 18.6. The molecule has 0 saturated carbocycles. The summed E-state index contributed by atoms with van der Waals surface area (Å²) in [5.74, 6) is -8.80. The molecule has 112 heavy (non-hydrogen) atoms. The molecule has 12 heterocycles. The summed E-state index contributed by atoms with van der Waals surface area (Å²) in [5.41, 5.74) is 1.91. The van der Waals surface area contributed by atoms with E-state index in [1.165, 1.54) is 51.5 Å². The standard InChI is InChI=1S/C23H28F3N7O5.2C22H26F3N7O5/c1-12(23(24,25)26)6-16(36)20-29-13(2)19-21(31-20)33(14-4-3-5-32(19)8-14)22(37)30-17-7-18(28-11-27-17)38-10-15(35)9-34;1-12(22(23,24)25)7-16(35)18-27-8-15-19(29-18)32(13-3-2-6-31(15)9-13)21(36)30-20-26-5-4-17(28-20)37-11-14(34)10-33;1-12(22(23,24)25)5-16(35)19-26-7-15-20(30-19)32(13-3-2-4-31(15)8-13)21(36)29-17-6-18(28-11-27-17)37-10-14(34)9-33/h7,11-12,14-15,34-35H,3-6,8-10H2,1-2H3,(H,27,28,30,37);4-5,8,12-14,33-34H,2-3,6-7,9-11H2,1H3,(H,26,28,30,36);6-7,11-14,33-34H,2-5,8-10H2,1H3,(H,27,28,29,36)/t12-,14-,15-;12-,13-,14-;12-,13-,14+/m000/s1. The fourth-order valence-electron chi connectivity index (χ4n) is 12.6. The molecule has 36 nitrogen and oxygen atoms in total. The molecule has 0 unspecified atom stereocenters. The van der Waals surface area contributed by atoms with Crippen molar-refractivity contribution in [3.05, 3.63) is 72.6 Å². The van der Waals surface area contributed by atoms with Crippen molar-refractivity contribution in [2.75, 3.05) is 124 Å². The molecule has 6 aliphatic rings. The summed E-state index contributed by atoms with van der Waals surface area (Å²) < 4.78 is 133. The van der Waals surface area contributed by atoms with Crippen molar-refractivity contribution in [1.82, 2.24) is 59.8 Å². The van der Waals surface area contributed by atoms with Gasteiger partial charge in [-0.05, 0) is 45.4 Å². The number of amides is 6. The smallest absolute Gasteiger partial charge is 0.391 e. The van der Waals surface area contributed by atoms with E-state index < -0.39 is 141 Å². The Morgan fingerprint density at radius 3 is 1.28 bits per heavy atom. The van der Waals surface area contributed by atoms with E-state index in [1.54, 1.807) is 6.92 Å². The molecule has 9 N–H and O–H groups in total. The highest BCUT2D eigenvalue weighted by Crippen LogP contribution is 2.43. The molecule has 6 aromatic rings. The van der Waals surface area contributed by atoms with Gasteiger partial charge in [0.2, 0.25) is 40.9 Å². The minimum absolute atomic E-state index is 0.0506. The number of urea groups is 3. The number of alkyl halides is 9. The number of hydrogen-bond donors (Lipinski definition) is 9. The molecule has 45 heteroatoms. The first-order valence-electron chi connectivity index (χ1n) is 35.3. The molecule has 6 aromatic heterocycles. The molecule has 606 valence electrons. The maximum Gasteiger partial charge on any atom is 0.391 e. The second-order valence-electron chi connectivity index (χ2n) is 27.1. The molecule has 0 spiro atoms. The zero-order valence-corrected chi connectivity index (χ0v) is 60.5. The topological polar surface area (TPSA) is 462 Å². The van der Waals surface area contributed by atoms with Crippen molar-refractivity contribution in [1.29, 1.82) is 0 Å². The van der Waals surface area contributed by atoms with Crippen LogP contribution in [0.25, 0.3) is 0 Å². The van der Waals surface area contributed by atoms with Gasteiger partial charge in [0.25, 0.3) is 0 Å². The average Bonchev–Trinajstić information content (AvgIpc) is 0.758. The maximum atomic E-state index is 13.5. The van der Waals surface area contributed by atoms with Crippen LogP contribution in [0.5, 0.6) is 17.6 Å². The number of hydrogen-bond acceptors (Lipinski definition) is 30. The minimum atomic E-state index is -4.54. The largest absolute Gasteiger partial charge is 0.475 e. The lowest BCUT2D eigenvalue weighted by Crippen LogP contribution is -2.56. The summed E-state index contributed by atoms with van der Waals surface area (Å²) in [6.07, 6.45) is -8.73. The second kappa shape index (κ2) is 36.1. The van der Waals surface area contributed by atoms with Crippen molar-refractivity contribution in [2.24, 2.45) is 17.8 Å². The van der Waals surface area contributed by atoms with Crippen molar-refractivity contribution < 1.29 is 113 Å². The fourth-order valence-corrected chi connectivity index (χ4v) is 12.6. The van der Waals surface area contributed by atoms with Gasteiger partial charge in [0.1, 0.15) is 68.1 Å². The highest BCUT2D eigenvalue weighted by atomic mass is 19.4. The maximum absolute atomic E-state index is 13.5. The molecule has 6 bridgehead atoms. The summed E-state index contributed by atoms with van der Waals surface area (Å²) in [5, 5.41) is 62.9.